The van der Waals surface area contributed by atoms with Gasteiger partial charge >= 0.3 is 0 Å². The number of nitrogens with one attached hydrogen (secondary N) is 1. The number of rotatable bonds is 7. The van der Waals surface area contributed by atoms with Crippen LogP contribution in [0, 0.1) is 0 Å². The van der Waals surface area contributed by atoms with Gasteiger partial charge in [0, 0.05) is 31.5 Å². The van der Waals surface area contributed by atoms with E-state index in [1.807, 2.05) is 30.3 Å². The van der Waals surface area contributed by atoms with Gasteiger partial charge in [0.25, 0.3) is 0 Å². The lowest BCUT2D eigenvalue weighted by Crippen LogP contribution is -2.41. The average Bonchev–Trinajstić information content (AvgIpc) is 3.25. The van der Waals surface area contributed by atoms with Crippen LogP contribution in [0.5, 0.6) is 0 Å². The molecule has 1 fully saturated rings. The molecule has 1 unspecified atom stereocenters. The van der Waals surface area contributed by atoms with E-state index in [4.69, 9.17) is 11.6 Å². The number of halogens is 1. The van der Waals surface area contributed by atoms with E-state index < -0.39 is 6.04 Å². The third kappa shape index (κ3) is 4.98. The summed E-state index contributed by atoms with van der Waals surface area (Å²) in [6, 6.07) is 15.2. The number of hydrogen-bond acceptors (Lipinski definition) is 3. The van der Waals surface area contributed by atoms with Gasteiger partial charge in [0.15, 0.2) is 5.78 Å². The molecule has 1 aliphatic heterocycles. The zero-order valence-corrected chi connectivity index (χ0v) is 16.3. The van der Waals surface area contributed by atoms with E-state index in [9.17, 15) is 14.4 Å². The van der Waals surface area contributed by atoms with Crippen LogP contribution in [0.2, 0.25) is 5.02 Å². The van der Waals surface area contributed by atoms with Crippen molar-refractivity contribution in [2.75, 3.05) is 13.1 Å². The first-order chi connectivity index (χ1) is 13.6. The Kier molecular flexibility index (Phi) is 6.82. The summed E-state index contributed by atoms with van der Waals surface area (Å²) < 4.78 is 0. The van der Waals surface area contributed by atoms with Crippen LogP contribution in [0.15, 0.2) is 54.6 Å². The van der Waals surface area contributed by atoms with E-state index in [1.54, 1.807) is 29.2 Å². The molecule has 146 valence electrons. The minimum atomic E-state index is -0.734. The van der Waals surface area contributed by atoms with Gasteiger partial charge in [0.2, 0.25) is 11.8 Å². The van der Waals surface area contributed by atoms with Crippen LogP contribution < -0.4 is 5.32 Å². The van der Waals surface area contributed by atoms with Crippen LogP contribution in [0.4, 0.5) is 0 Å². The number of benzene rings is 2. The summed E-state index contributed by atoms with van der Waals surface area (Å²) in [4.78, 5) is 39.5. The summed E-state index contributed by atoms with van der Waals surface area (Å²) in [5.74, 6) is -0.626. The third-order valence-electron chi connectivity index (χ3n) is 4.86. The maximum Gasteiger partial charge on any atom is 0.249 e. The fraction of sp³-hybridized carbons (Fsp3) is 0.318. The van der Waals surface area contributed by atoms with Crippen LogP contribution in [0.1, 0.15) is 47.6 Å². The Bertz CT molecular complexity index is 848. The lowest BCUT2D eigenvalue weighted by Gasteiger charge is -2.24. The van der Waals surface area contributed by atoms with Gasteiger partial charge in [0.05, 0.1) is 5.02 Å². The number of likely N-dealkylation sites (tertiary alicyclic amines) is 1. The average molecular weight is 399 g/mol. The van der Waals surface area contributed by atoms with Crippen molar-refractivity contribution in [2.24, 2.45) is 0 Å². The third-order valence-corrected chi connectivity index (χ3v) is 5.19. The highest BCUT2D eigenvalue weighted by Gasteiger charge is 2.29. The normalized spacial score (nSPS) is 14.5. The zero-order chi connectivity index (χ0) is 19.9. The number of hydrogen-bond donors (Lipinski definition) is 1. The lowest BCUT2D eigenvalue weighted by molar-refractivity contribution is -0.135. The molecule has 0 saturated carbocycles. The molecular formula is C22H23ClN2O3. The van der Waals surface area contributed by atoms with Crippen molar-refractivity contribution in [1.82, 2.24) is 10.2 Å². The zero-order valence-electron chi connectivity index (χ0n) is 15.6. The second-order valence-electron chi connectivity index (χ2n) is 6.85. The fourth-order valence-electron chi connectivity index (χ4n) is 3.34. The van der Waals surface area contributed by atoms with Gasteiger partial charge in [0.1, 0.15) is 6.04 Å². The molecule has 2 amide bonds. The summed E-state index contributed by atoms with van der Waals surface area (Å²) in [6.45, 7) is 1.42. The summed E-state index contributed by atoms with van der Waals surface area (Å²) >= 11 is 6.04. The van der Waals surface area contributed by atoms with Crippen molar-refractivity contribution < 1.29 is 14.4 Å². The minimum Gasteiger partial charge on any atom is -0.341 e. The molecule has 0 aliphatic carbocycles. The lowest BCUT2D eigenvalue weighted by atomic mass is 10.0. The molecule has 1 atom stereocenters. The van der Waals surface area contributed by atoms with E-state index in [1.165, 1.54) is 0 Å². The summed E-state index contributed by atoms with van der Waals surface area (Å²) in [7, 11) is 0. The molecule has 1 aliphatic rings. The Labute approximate surface area is 169 Å². The SMILES string of the molecule is O=C(CCC(=O)c1ccccc1Cl)NC(C(=O)N1CCCC1)c1ccccc1. The molecule has 5 nitrogen and oxygen atoms in total. The standard InChI is InChI=1S/C22H23ClN2O3/c23-18-11-5-4-10-17(18)19(26)12-13-20(27)24-21(16-8-2-1-3-9-16)22(28)25-14-6-7-15-25/h1-5,8-11,21H,6-7,12-15H2,(H,24,27). The minimum absolute atomic E-state index is 0.000665. The molecule has 3 rings (SSSR count). The topological polar surface area (TPSA) is 66.5 Å². The van der Waals surface area contributed by atoms with E-state index in [0.717, 1.165) is 18.4 Å². The van der Waals surface area contributed by atoms with Crippen molar-refractivity contribution in [1.29, 1.82) is 0 Å². The van der Waals surface area contributed by atoms with Crippen molar-refractivity contribution in [3.8, 4) is 0 Å². The molecule has 0 radical (unpaired) electrons. The molecule has 1 N–H and O–H groups in total. The first-order valence-corrected chi connectivity index (χ1v) is 9.85. The van der Waals surface area contributed by atoms with Gasteiger partial charge in [-0.3, -0.25) is 14.4 Å². The summed E-state index contributed by atoms with van der Waals surface area (Å²) in [5, 5.41) is 3.19. The van der Waals surface area contributed by atoms with Crippen LogP contribution >= 0.6 is 11.6 Å². The summed E-state index contributed by atoms with van der Waals surface area (Å²) in [5.41, 5.74) is 1.15. The number of amides is 2. The van der Waals surface area contributed by atoms with Gasteiger partial charge in [-0.15, -0.1) is 0 Å². The van der Waals surface area contributed by atoms with Gasteiger partial charge in [-0.1, -0.05) is 54.1 Å². The van der Waals surface area contributed by atoms with Crippen LogP contribution in [-0.2, 0) is 9.59 Å². The van der Waals surface area contributed by atoms with E-state index in [-0.39, 0.29) is 30.4 Å². The highest BCUT2D eigenvalue weighted by Crippen LogP contribution is 2.20. The van der Waals surface area contributed by atoms with Crippen LogP contribution in [0.3, 0.4) is 0 Å². The maximum absolute atomic E-state index is 12.9. The number of nitrogens with zero attached hydrogens (tertiary/aromatic N) is 1. The largest absolute Gasteiger partial charge is 0.341 e. The van der Waals surface area contributed by atoms with E-state index in [0.29, 0.717) is 23.7 Å². The molecule has 0 spiro atoms. The van der Waals surface area contributed by atoms with Gasteiger partial charge in [-0.2, -0.15) is 0 Å². The number of ketones is 1. The van der Waals surface area contributed by atoms with Crippen molar-refractivity contribution in [3.05, 3.63) is 70.7 Å². The van der Waals surface area contributed by atoms with Gasteiger partial charge in [-0.25, -0.2) is 0 Å². The molecule has 2 aromatic carbocycles. The van der Waals surface area contributed by atoms with E-state index >= 15 is 0 Å². The monoisotopic (exact) mass is 398 g/mol. The Hall–Kier alpha value is -2.66. The van der Waals surface area contributed by atoms with Crippen molar-refractivity contribution >= 4 is 29.2 Å². The Morgan fingerprint density at radius 3 is 2.25 bits per heavy atom. The predicted molar refractivity (Wildman–Crippen MR) is 108 cm³/mol. The number of carbonyl (C=O) groups excluding carboxylic acids is 3. The molecule has 1 heterocycles. The quantitative estimate of drug-likeness (QED) is 0.721. The molecule has 6 heteroatoms. The van der Waals surface area contributed by atoms with Gasteiger partial charge in [-0.05, 0) is 30.5 Å². The molecule has 28 heavy (non-hydrogen) atoms. The number of Topliss-reactive ketones (excluding diaryl/α,β-unsaturated/α-hetero) is 1. The van der Waals surface area contributed by atoms with E-state index in [2.05, 4.69) is 5.32 Å². The van der Waals surface area contributed by atoms with Crippen molar-refractivity contribution in [3.63, 3.8) is 0 Å². The highest BCUT2D eigenvalue weighted by molar-refractivity contribution is 6.34. The number of carbonyl (C=O) groups is 3. The Morgan fingerprint density at radius 1 is 0.929 bits per heavy atom. The molecule has 0 bridgehead atoms. The van der Waals surface area contributed by atoms with Crippen molar-refractivity contribution in [2.45, 2.75) is 31.7 Å². The van der Waals surface area contributed by atoms with Gasteiger partial charge < -0.3 is 10.2 Å². The second-order valence-corrected chi connectivity index (χ2v) is 7.25. The second kappa shape index (κ2) is 9.51. The molecular weight excluding hydrogens is 376 g/mol. The smallest absolute Gasteiger partial charge is 0.249 e. The van der Waals surface area contributed by atoms with Crippen LogP contribution in [-0.4, -0.2) is 35.6 Å². The molecule has 1 saturated heterocycles. The molecule has 2 aromatic rings. The predicted octanol–water partition coefficient (Wildman–Crippen LogP) is 3.78. The first kappa shape index (κ1) is 20.1. The summed E-state index contributed by atoms with van der Waals surface area (Å²) in [6.07, 6.45) is 2.00. The molecule has 0 aromatic heterocycles. The maximum atomic E-state index is 12.9. The highest BCUT2D eigenvalue weighted by atomic mass is 35.5. The Morgan fingerprint density at radius 2 is 1.57 bits per heavy atom. The van der Waals surface area contributed by atoms with Crippen LogP contribution in [0.25, 0.3) is 0 Å². The first-order valence-electron chi connectivity index (χ1n) is 9.47. The Balaban J connectivity index is 1.65. The fourth-order valence-corrected chi connectivity index (χ4v) is 3.58.